The van der Waals surface area contributed by atoms with E-state index in [1.807, 2.05) is 0 Å². The third-order valence-corrected chi connectivity index (χ3v) is 3.62. The molecule has 1 aliphatic heterocycles. The van der Waals surface area contributed by atoms with Crippen LogP contribution in [0.4, 0.5) is 4.79 Å². The smallest absolute Gasteiger partial charge is 0.319 e. The van der Waals surface area contributed by atoms with Crippen LogP contribution in [0.3, 0.4) is 0 Å². The van der Waals surface area contributed by atoms with E-state index in [0.717, 1.165) is 5.56 Å². The minimum atomic E-state index is -0.650. The number of nitrogens with zero attached hydrogens (tertiary/aromatic N) is 2. The SMILES string of the molecule is CC1=C(C#N)C(c2ncoc2-c2ccc(Cl)cc2)NC(=O)N1. The van der Waals surface area contributed by atoms with E-state index in [0.29, 0.717) is 27.7 Å². The van der Waals surface area contributed by atoms with Gasteiger partial charge >= 0.3 is 6.03 Å². The van der Waals surface area contributed by atoms with Crippen LogP contribution in [0.25, 0.3) is 11.3 Å². The van der Waals surface area contributed by atoms with Crippen molar-refractivity contribution in [1.82, 2.24) is 15.6 Å². The number of hydrogen-bond acceptors (Lipinski definition) is 4. The zero-order chi connectivity index (χ0) is 15.7. The molecule has 2 N–H and O–H groups in total. The summed E-state index contributed by atoms with van der Waals surface area (Å²) in [6.07, 6.45) is 1.29. The number of urea groups is 1. The first kappa shape index (κ1) is 14.2. The second-order valence-electron chi connectivity index (χ2n) is 4.76. The highest BCUT2D eigenvalue weighted by molar-refractivity contribution is 6.30. The summed E-state index contributed by atoms with van der Waals surface area (Å²) in [6, 6.07) is 8.11. The van der Waals surface area contributed by atoms with Gasteiger partial charge in [-0.3, -0.25) is 0 Å². The Balaban J connectivity index is 2.08. The van der Waals surface area contributed by atoms with Crippen LogP contribution in [-0.2, 0) is 0 Å². The minimum Gasteiger partial charge on any atom is -0.443 e. The van der Waals surface area contributed by atoms with E-state index in [1.54, 1.807) is 31.2 Å². The molecular formula is C15H11ClN4O2. The van der Waals surface area contributed by atoms with Gasteiger partial charge in [-0.25, -0.2) is 9.78 Å². The number of nitrogens with one attached hydrogen (secondary N) is 2. The van der Waals surface area contributed by atoms with Crippen LogP contribution in [0, 0.1) is 11.3 Å². The molecule has 1 aliphatic rings. The second-order valence-corrected chi connectivity index (χ2v) is 5.19. The number of allylic oxidation sites excluding steroid dienone is 1. The van der Waals surface area contributed by atoms with Crippen LogP contribution in [0.15, 0.2) is 46.3 Å². The topological polar surface area (TPSA) is 91.0 Å². The van der Waals surface area contributed by atoms with E-state index in [1.165, 1.54) is 6.39 Å². The molecule has 1 atom stereocenters. The Bertz CT molecular complexity index is 802. The molecule has 0 spiro atoms. The third kappa shape index (κ3) is 2.43. The van der Waals surface area contributed by atoms with Crippen LogP contribution in [-0.4, -0.2) is 11.0 Å². The van der Waals surface area contributed by atoms with Crippen molar-refractivity contribution in [2.45, 2.75) is 13.0 Å². The fourth-order valence-electron chi connectivity index (χ4n) is 2.32. The van der Waals surface area contributed by atoms with E-state index < -0.39 is 6.04 Å². The molecule has 0 saturated heterocycles. The van der Waals surface area contributed by atoms with Gasteiger partial charge in [-0.1, -0.05) is 11.6 Å². The summed E-state index contributed by atoms with van der Waals surface area (Å²) < 4.78 is 5.45. The molecule has 0 saturated carbocycles. The number of halogens is 1. The molecule has 0 bridgehead atoms. The van der Waals surface area contributed by atoms with Gasteiger partial charge in [0.15, 0.2) is 12.2 Å². The summed E-state index contributed by atoms with van der Waals surface area (Å²) >= 11 is 5.88. The number of amides is 2. The monoisotopic (exact) mass is 314 g/mol. The lowest BCUT2D eigenvalue weighted by molar-refractivity contribution is 0.238. The molecule has 0 radical (unpaired) electrons. The quantitative estimate of drug-likeness (QED) is 0.890. The number of nitriles is 1. The van der Waals surface area contributed by atoms with Gasteiger partial charge in [0, 0.05) is 16.3 Å². The highest BCUT2D eigenvalue weighted by Crippen LogP contribution is 2.33. The highest BCUT2D eigenvalue weighted by atomic mass is 35.5. The fraction of sp³-hybridized carbons (Fsp3) is 0.133. The molecule has 2 aromatic rings. The maximum atomic E-state index is 11.7. The maximum absolute atomic E-state index is 11.7. The Labute approximate surface area is 131 Å². The first-order valence-electron chi connectivity index (χ1n) is 6.48. The van der Waals surface area contributed by atoms with Gasteiger partial charge in [-0.05, 0) is 31.2 Å². The zero-order valence-electron chi connectivity index (χ0n) is 11.6. The number of carbonyl (C=O) groups excluding carboxylic acids is 1. The molecule has 3 rings (SSSR count). The normalized spacial score (nSPS) is 17.7. The predicted molar refractivity (Wildman–Crippen MR) is 79.7 cm³/mol. The van der Waals surface area contributed by atoms with E-state index in [9.17, 15) is 10.1 Å². The molecule has 0 fully saturated rings. The molecule has 110 valence electrons. The molecular weight excluding hydrogens is 304 g/mol. The average molecular weight is 315 g/mol. The predicted octanol–water partition coefficient (Wildman–Crippen LogP) is 3.15. The lowest BCUT2D eigenvalue weighted by Crippen LogP contribution is -2.43. The summed E-state index contributed by atoms with van der Waals surface area (Å²) in [7, 11) is 0. The standard InChI is InChI=1S/C15H11ClN4O2/c1-8-11(6-17)12(20-15(21)19-8)13-14(22-7-18-13)9-2-4-10(16)5-3-9/h2-5,7,12H,1H3,(H2,19,20,21). The first-order valence-corrected chi connectivity index (χ1v) is 6.85. The van der Waals surface area contributed by atoms with Gasteiger partial charge in [-0.15, -0.1) is 0 Å². The van der Waals surface area contributed by atoms with Crippen LogP contribution < -0.4 is 10.6 Å². The fourth-order valence-corrected chi connectivity index (χ4v) is 2.45. The summed E-state index contributed by atoms with van der Waals surface area (Å²) in [5, 5.41) is 15.2. The van der Waals surface area contributed by atoms with Crippen molar-refractivity contribution in [2.24, 2.45) is 0 Å². The van der Waals surface area contributed by atoms with Gasteiger partial charge < -0.3 is 15.1 Å². The largest absolute Gasteiger partial charge is 0.443 e. The van der Waals surface area contributed by atoms with E-state index in [4.69, 9.17) is 16.0 Å². The number of aromatic nitrogens is 1. The number of rotatable bonds is 2. The van der Waals surface area contributed by atoms with Gasteiger partial charge in [0.1, 0.15) is 11.7 Å². The van der Waals surface area contributed by atoms with Crippen LogP contribution >= 0.6 is 11.6 Å². The van der Waals surface area contributed by atoms with Gasteiger partial charge in [0.2, 0.25) is 0 Å². The molecule has 7 heteroatoms. The van der Waals surface area contributed by atoms with Crippen molar-refractivity contribution in [2.75, 3.05) is 0 Å². The van der Waals surface area contributed by atoms with Gasteiger partial charge in [-0.2, -0.15) is 5.26 Å². The number of hydrogen-bond donors (Lipinski definition) is 2. The van der Waals surface area contributed by atoms with Crippen molar-refractivity contribution >= 4 is 17.6 Å². The Hall–Kier alpha value is -2.78. The molecule has 1 unspecified atom stereocenters. The molecule has 6 nitrogen and oxygen atoms in total. The Morgan fingerprint density at radius 3 is 2.77 bits per heavy atom. The molecule has 22 heavy (non-hydrogen) atoms. The molecule has 1 aromatic heterocycles. The molecule has 1 aromatic carbocycles. The van der Waals surface area contributed by atoms with Crippen molar-refractivity contribution in [3.8, 4) is 17.4 Å². The average Bonchev–Trinajstić information content (AvgIpc) is 2.96. The van der Waals surface area contributed by atoms with E-state index >= 15 is 0 Å². The Kier molecular flexibility index (Phi) is 3.57. The van der Waals surface area contributed by atoms with Crippen LogP contribution in [0.1, 0.15) is 18.7 Å². The van der Waals surface area contributed by atoms with Crippen LogP contribution in [0.2, 0.25) is 5.02 Å². The summed E-state index contributed by atoms with van der Waals surface area (Å²) in [5.74, 6) is 0.490. The number of benzene rings is 1. The van der Waals surface area contributed by atoms with Gasteiger partial charge in [0.05, 0.1) is 11.6 Å². The zero-order valence-corrected chi connectivity index (χ0v) is 12.3. The molecule has 2 heterocycles. The Morgan fingerprint density at radius 1 is 1.36 bits per heavy atom. The second kappa shape index (κ2) is 5.54. The summed E-state index contributed by atoms with van der Waals surface area (Å²) in [6.45, 7) is 1.67. The van der Waals surface area contributed by atoms with E-state index in [2.05, 4.69) is 21.7 Å². The van der Waals surface area contributed by atoms with Crippen molar-refractivity contribution in [1.29, 1.82) is 5.26 Å². The lowest BCUT2D eigenvalue weighted by atomic mass is 9.98. The maximum Gasteiger partial charge on any atom is 0.319 e. The van der Waals surface area contributed by atoms with E-state index in [-0.39, 0.29) is 6.03 Å². The number of oxazole rings is 1. The van der Waals surface area contributed by atoms with Crippen molar-refractivity contribution in [3.63, 3.8) is 0 Å². The summed E-state index contributed by atoms with van der Waals surface area (Å²) in [4.78, 5) is 15.9. The van der Waals surface area contributed by atoms with Crippen LogP contribution in [0.5, 0.6) is 0 Å². The van der Waals surface area contributed by atoms with Crippen molar-refractivity contribution in [3.05, 3.63) is 52.6 Å². The lowest BCUT2D eigenvalue weighted by Gasteiger charge is -2.24. The molecule has 2 amide bonds. The molecule has 0 aliphatic carbocycles. The third-order valence-electron chi connectivity index (χ3n) is 3.36. The highest BCUT2D eigenvalue weighted by Gasteiger charge is 2.31. The van der Waals surface area contributed by atoms with Gasteiger partial charge in [0.25, 0.3) is 0 Å². The first-order chi connectivity index (χ1) is 10.6. The van der Waals surface area contributed by atoms with Crippen molar-refractivity contribution < 1.29 is 9.21 Å². The Morgan fingerprint density at radius 2 is 2.09 bits per heavy atom. The summed E-state index contributed by atoms with van der Waals surface area (Å²) in [5.41, 5.74) is 2.14. The number of carbonyl (C=O) groups is 1. The minimum absolute atomic E-state index is 0.383.